The Hall–Kier alpha value is -1.45. The molecule has 0 aliphatic heterocycles. The monoisotopic (exact) mass is 361 g/mol. The van der Waals surface area contributed by atoms with Gasteiger partial charge in [0.15, 0.2) is 0 Å². The number of rotatable bonds is 6. The van der Waals surface area contributed by atoms with Crippen LogP contribution in [-0.4, -0.2) is 11.7 Å². The quantitative estimate of drug-likeness (QED) is 0.748. The Bertz CT molecular complexity index is 730. The maximum Gasteiger partial charge on any atom is 0.230 e. The minimum absolute atomic E-state index is 0.0172. The first-order chi connectivity index (χ1) is 11.4. The highest BCUT2D eigenvalue weighted by Gasteiger charge is 2.13. The van der Waals surface area contributed by atoms with Crippen LogP contribution in [0.1, 0.15) is 40.8 Å². The zero-order valence-electron chi connectivity index (χ0n) is 14.7. The van der Waals surface area contributed by atoms with Gasteiger partial charge in [-0.25, -0.2) is 0 Å². The minimum Gasteiger partial charge on any atom is -0.349 e. The molecule has 0 unspecified atom stereocenters. The van der Waals surface area contributed by atoms with E-state index in [2.05, 4.69) is 38.2 Å². The molecule has 2 nitrogen and oxygen atoms in total. The summed E-state index contributed by atoms with van der Waals surface area (Å²) in [7, 11) is 0. The Kier molecular flexibility index (Phi) is 6.76. The first-order valence-electron chi connectivity index (χ1n) is 8.06. The number of aryl methyl sites for hydroxylation is 3. The lowest BCUT2D eigenvalue weighted by Crippen LogP contribution is -2.28. The number of carbonyl (C=O) groups excluding carboxylic acids is 1. The fourth-order valence-electron chi connectivity index (χ4n) is 2.70. The van der Waals surface area contributed by atoms with E-state index in [0.717, 1.165) is 16.3 Å². The van der Waals surface area contributed by atoms with Gasteiger partial charge in [-0.2, -0.15) is 0 Å². The van der Waals surface area contributed by atoms with Gasteiger partial charge in [-0.05, 0) is 67.6 Å². The molecular weight excluding hydrogens is 338 g/mol. The first-order valence-corrected chi connectivity index (χ1v) is 9.59. The van der Waals surface area contributed by atoms with Gasteiger partial charge >= 0.3 is 0 Å². The van der Waals surface area contributed by atoms with E-state index < -0.39 is 0 Å². The lowest BCUT2D eigenvalue weighted by Gasteiger charge is -2.18. The molecule has 2 aromatic carbocycles. The molecule has 4 heteroatoms. The van der Waals surface area contributed by atoms with Crippen molar-refractivity contribution in [2.24, 2.45) is 0 Å². The molecule has 128 valence electrons. The Morgan fingerprint density at radius 2 is 1.83 bits per heavy atom. The van der Waals surface area contributed by atoms with Gasteiger partial charge < -0.3 is 5.32 Å². The highest BCUT2D eigenvalue weighted by Crippen LogP contribution is 2.22. The van der Waals surface area contributed by atoms with Crippen molar-refractivity contribution >= 4 is 29.3 Å². The average Bonchev–Trinajstić information content (AvgIpc) is 2.50. The number of nitrogens with one attached hydrogen (secondary N) is 1. The second kappa shape index (κ2) is 8.59. The van der Waals surface area contributed by atoms with Crippen molar-refractivity contribution in [2.75, 3.05) is 5.75 Å². The lowest BCUT2D eigenvalue weighted by molar-refractivity contribution is -0.119. The molecule has 0 bridgehead atoms. The molecule has 0 aliphatic rings. The minimum atomic E-state index is 0.0172. The number of hydrogen-bond acceptors (Lipinski definition) is 2. The van der Waals surface area contributed by atoms with Crippen LogP contribution < -0.4 is 5.32 Å². The molecule has 24 heavy (non-hydrogen) atoms. The largest absolute Gasteiger partial charge is 0.349 e. The van der Waals surface area contributed by atoms with Crippen LogP contribution in [0.5, 0.6) is 0 Å². The lowest BCUT2D eigenvalue weighted by atomic mass is 9.96. The molecule has 1 amide bonds. The topological polar surface area (TPSA) is 29.1 Å². The van der Waals surface area contributed by atoms with Gasteiger partial charge in [0.25, 0.3) is 0 Å². The van der Waals surface area contributed by atoms with Crippen LogP contribution in [-0.2, 0) is 10.5 Å². The van der Waals surface area contributed by atoms with Crippen molar-refractivity contribution in [1.29, 1.82) is 0 Å². The Morgan fingerprint density at radius 1 is 1.12 bits per heavy atom. The molecule has 2 aromatic rings. The van der Waals surface area contributed by atoms with Gasteiger partial charge in [-0.3, -0.25) is 4.79 Å². The zero-order valence-corrected chi connectivity index (χ0v) is 16.2. The third-order valence-electron chi connectivity index (χ3n) is 4.12. The predicted molar refractivity (Wildman–Crippen MR) is 105 cm³/mol. The van der Waals surface area contributed by atoms with Crippen LogP contribution in [0.2, 0.25) is 5.02 Å². The van der Waals surface area contributed by atoms with Crippen LogP contribution in [0, 0.1) is 20.8 Å². The van der Waals surface area contributed by atoms with Crippen molar-refractivity contribution in [3.63, 3.8) is 0 Å². The van der Waals surface area contributed by atoms with Gasteiger partial charge in [0.05, 0.1) is 11.8 Å². The predicted octanol–water partition coefficient (Wildman–Crippen LogP) is 5.38. The summed E-state index contributed by atoms with van der Waals surface area (Å²) >= 11 is 7.57. The molecule has 0 aliphatic carbocycles. The third-order valence-corrected chi connectivity index (χ3v) is 5.36. The SMILES string of the molecule is Cc1cc(C)c([C@H](C)NC(=O)CSCc2cccc(Cl)c2)cc1C. The summed E-state index contributed by atoms with van der Waals surface area (Å²) in [4.78, 5) is 12.2. The summed E-state index contributed by atoms with van der Waals surface area (Å²) in [6.45, 7) is 8.35. The number of thioether (sulfide) groups is 1. The van der Waals surface area contributed by atoms with E-state index in [-0.39, 0.29) is 11.9 Å². The van der Waals surface area contributed by atoms with Crippen LogP contribution in [0.15, 0.2) is 36.4 Å². The van der Waals surface area contributed by atoms with E-state index in [1.807, 2.05) is 31.2 Å². The van der Waals surface area contributed by atoms with E-state index in [0.29, 0.717) is 5.75 Å². The summed E-state index contributed by atoms with van der Waals surface area (Å²) in [5, 5.41) is 3.83. The molecule has 0 saturated heterocycles. The van der Waals surface area contributed by atoms with Crippen LogP contribution in [0.4, 0.5) is 0 Å². The maximum absolute atomic E-state index is 12.2. The van der Waals surface area contributed by atoms with E-state index in [9.17, 15) is 4.79 Å². The summed E-state index contributed by atoms with van der Waals surface area (Å²) in [5.41, 5.74) is 6.08. The molecule has 0 spiro atoms. The smallest absolute Gasteiger partial charge is 0.230 e. The summed E-state index contributed by atoms with van der Waals surface area (Å²) in [6.07, 6.45) is 0. The average molecular weight is 362 g/mol. The van der Waals surface area contributed by atoms with Crippen molar-refractivity contribution < 1.29 is 4.79 Å². The summed E-state index contributed by atoms with van der Waals surface area (Å²) < 4.78 is 0. The summed E-state index contributed by atoms with van der Waals surface area (Å²) in [5.74, 6) is 1.29. The van der Waals surface area contributed by atoms with E-state index in [1.54, 1.807) is 11.8 Å². The Morgan fingerprint density at radius 3 is 2.54 bits per heavy atom. The Labute approximate surface area is 154 Å². The fraction of sp³-hybridized carbons (Fsp3) is 0.350. The molecule has 0 heterocycles. The van der Waals surface area contributed by atoms with E-state index in [4.69, 9.17) is 11.6 Å². The number of amides is 1. The molecule has 0 radical (unpaired) electrons. The highest BCUT2D eigenvalue weighted by atomic mass is 35.5. The molecule has 0 aromatic heterocycles. The third kappa shape index (κ3) is 5.29. The number of carbonyl (C=O) groups is 1. The number of halogens is 1. The van der Waals surface area contributed by atoms with Crippen molar-refractivity contribution in [2.45, 2.75) is 39.5 Å². The molecule has 2 rings (SSSR count). The summed E-state index contributed by atoms with van der Waals surface area (Å²) in [6, 6.07) is 12.1. The van der Waals surface area contributed by atoms with Crippen molar-refractivity contribution in [3.8, 4) is 0 Å². The van der Waals surface area contributed by atoms with Crippen molar-refractivity contribution in [1.82, 2.24) is 5.32 Å². The first kappa shape index (κ1) is 18.9. The van der Waals surface area contributed by atoms with E-state index in [1.165, 1.54) is 22.3 Å². The number of hydrogen-bond donors (Lipinski definition) is 1. The fourth-order valence-corrected chi connectivity index (χ4v) is 3.70. The van der Waals surface area contributed by atoms with Crippen LogP contribution >= 0.6 is 23.4 Å². The van der Waals surface area contributed by atoms with E-state index >= 15 is 0 Å². The van der Waals surface area contributed by atoms with Gasteiger partial charge in [0.2, 0.25) is 5.91 Å². The van der Waals surface area contributed by atoms with Gasteiger partial charge in [-0.1, -0.05) is 35.9 Å². The van der Waals surface area contributed by atoms with Gasteiger partial charge in [0, 0.05) is 10.8 Å². The van der Waals surface area contributed by atoms with Crippen LogP contribution in [0.25, 0.3) is 0 Å². The van der Waals surface area contributed by atoms with Crippen molar-refractivity contribution in [3.05, 3.63) is 69.2 Å². The van der Waals surface area contributed by atoms with Crippen LogP contribution in [0.3, 0.4) is 0 Å². The van der Waals surface area contributed by atoms with Gasteiger partial charge in [0.1, 0.15) is 0 Å². The highest BCUT2D eigenvalue weighted by molar-refractivity contribution is 7.99. The molecule has 1 N–H and O–H groups in total. The normalized spacial score (nSPS) is 12.0. The second-order valence-electron chi connectivity index (χ2n) is 6.20. The molecular formula is C20H24ClNOS. The van der Waals surface area contributed by atoms with Gasteiger partial charge in [-0.15, -0.1) is 11.8 Å². The maximum atomic E-state index is 12.2. The second-order valence-corrected chi connectivity index (χ2v) is 7.63. The Balaban J connectivity index is 1.87. The molecule has 1 atom stereocenters. The standard InChI is InChI=1S/C20H24ClNOS/c1-13-8-15(3)19(9-14(13)2)16(4)22-20(23)12-24-11-17-6-5-7-18(21)10-17/h5-10,16H,11-12H2,1-4H3,(H,22,23)/t16-/m0/s1. The zero-order chi connectivity index (χ0) is 17.7. The molecule has 0 fully saturated rings. The number of benzene rings is 2. The molecule has 0 saturated carbocycles.